The van der Waals surface area contributed by atoms with E-state index in [9.17, 15) is 13.2 Å². The number of carbonyl (C=O) groups excluding carboxylic acids is 1. The third-order valence-electron chi connectivity index (χ3n) is 4.52. The van der Waals surface area contributed by atoms with Gasteiger partial charge in [-0.1, -0.05) is 24.3 Å². The first kappa shape index (κ1) is 18.9. The minimum atomic E-state index is -3.08. The van der Waals surface area contributed by atoms with E-state index >= 15 is 0 Å². The second-order valence-corrected chi connectivity index (χ2v) is 9.14. The van der Waals surface area contributed by atoms with E-state index in [0.29, 0.717) is 17.7 Å². The van der Waals surface area contributed by atoms with Crippen LogP contribution in [0.25, 0.3) is 11.1 Å². The highest BCUT2D eigenvalue weighted by Gasteiger charge is 2.39. The summed E-state index contributed by atoms with van der Waals surface area (Å²) in [5, 5.41) is 11.6. The van der Waals surface area contributed by atoms with E-state index in [-0.39, 0.29) is 24.0 Å². The van der Waals surface area contributed by atoms with Crippen LogP contribution in [0.15, 0.2) is 48.5 Å². The number of carbonyl (C=O) groups is 1. The van der Waals surface area contributed by atoms with Crippen molar-refractivity contribution in [2.75, 3.05) is 18.1 Å². The van der Waals surface area contributed by atoms with Gasteiger partial charge >= 0.3 is 0 Å². The number of ether oxygens (including phenoxy) is 1. The van der Waals surface area contributed by atoms with Crippen LogP contribution in [0.3, 0.4) is 0 Å². The molecule has 0 unspecified atom stereocenters. The molecule has 2 aromatic carbocycles. The molecule has 6 nitrogen and oxygen atoms in total. The molecular weight excluding hydrogens is 364 g/mol. The normalized spacial score (nSPS) is 20.6. The van der Waals surface area contributed by atoms with Crippen LogP contribution in [-0.4, -0.2) is 38.0 Å². The lowest BCUT2D eigenvalue weighted by Crippen LogP contribution is -2.48. The van der Waals surface area contributed by atoms with Gasteiger partial charge in [-0.05, 0) is 48.7 Å². The van der Waals surface area contributed by atoms with Crippen molar-refractivity contribution in [2.24, 2.45) is 0 Å². The van der Waals surface area contributed by atoms with Crippen LogP contribution in [-0.2, 0) is 14.6 Å². The van der Waals surface area contributed by atoms with Crippen LogP contribution >= 0.6 is 0 Å². The van der Waals surface area contributed by atoms with Crippen molar-refractivity contribution < 1.29 is 17.9 Å². The smallest absolute Gasteiger partial charge is 0.258 e. The Hall–Kier alpha value is -2.85. The molecule has 27 heavy (non-hydrogen) atoms. The number of nitriles is 1. The summed E-state index contributed by atoms with van der Waals surface area (Å²) in [4.78, 5) is 12.1. The maximum absolute atomic E-state index is 12.1. The standard InChI is InChI=1S/C20H20N2O4S/c1-20(10-11-27(24,25)14-20)22-19(23)13-26-18-8-6-17(7-9-18)16-4-2-15(12-21)3-5-16/h2-9H,10-11,13-14H2,1H3,(H,22,23)/t20-/m1/s1. The average Bonchev–Trinajstić information content (AvgIpc) is 2.93. The molecule has 1 aliphatic rings. The van der Waals surface area contributed by atoms with Gasteiger partial charge in [0.25, 0.3) is 5.91 Å². The fourth-order valence-corrected chi connectivity index (χ4v) is 5.20. The molecule has 1 heterocycles. The zero-order chi connectivity index (χ0) is 19.5. The minimum absolute atomic E-state index is 0.0367. The molecule has 3 rings (SSSR count). The van der Waals surface area contributed by atoms with Crippen molar-refractivity contribution in [3.8, 4) is 22.9 Å². The Balaban J connectivity index is 1.55. The Bertz CT molecular complexity index is 976. The molecule has 0 aliphatic carbocycles. The number of nitrogens with one attached hydrogen (secondary N) is 1. The van der Waals surface area contributed by atoms with Gasteiger partial charge in [0.15, 0.2) is 16.4 Å². The zero-order valence-electron chi connectivity index (χ0n) is 14.9. The van der Waals surface area contributed by atoms with Gasteiger partial charge in [0, 0.05) is 0 Å². The Morgan fingerprint density at radius 3 is 2.26 bits per heavy atom. The van der Waals surface area contributed by atoms with Crippen molar-refractivity contribution in [2.45, 2.75) is 18.9 Å². The summed E-state index contributed by atoms with van der Waals surface area (Å²) >= 11 is 0. The summed E-state index contributed by atoms with van der Waals surface area (Å²) in [7, 11) is -3.08. The lowest BCUT2D eigenvalue weighted by molar-refractivity contribution is -0.124. The van der Waals surface area contributed by atoms with Crippen molar-refractivity contribution in [3.63, 3.8) is 0 Å². The van der Waals surface area contributed by atoms with Crippen LogP contribution in [0.5, 0.6) is 5.75 Å². The van der Waals surface area contributed by atoms with E-state index in [2.05, 4.69) is 11.4 Å². The molecule has 2 aromatic rings. The van der Waals surface area contributed by atoms with Crippen molar-refractivity contribution in [1.82, 2.24) is 5.32 Å². The van der Waals surface area contributed by atoms with Crippen LogP contribution in [0.2, 0.25) is 0 Å². The Morgan fingerprint density at radius 1 is 1.15 bits per heavy atom. The molecule has 1 N–H and O–H groups in total. The Kier molecular flexibility index (Phi) is 5.19. The van der Waals surface area contributed by atoms with Gasteiger partial charge in [-0.3, -0.25) is 4.79 Å². The van der Waals surface area contributed by atoms with E-state index in [1.807, 2.05) is 24.3 Å². The van der Waals surface area contributed by atoms with Crippen LogP contribution < -0.4 is 10.1 Å². The van der Waals surface area contributed by atoms with Crippen LogP contribution in [0.4, 0.5) is 0 Å². The molecule has 140 valence electrons. The molecule has 0 bridgehead atoms. The fraction of sp³-hybridized carbons (Fsp3) is 0.300. The zero-order valence-corrected chi connectivity index (χ0v) is 15.8. The van der Waals surface area contributed by atoms with E-state index in [0.717, 1.165) is 11.1 Å². The van der Waals surface area contributed by atoms with Crippen molar-refractivity contribution in [1.29, 1.82) is 5.26 Å². The Morgan fingerprint density at radius 2 is 1.74 bits per heavy atom. The van der Waals surface area contributed by atoms with Gasteiger partial charge in [-0.15, -0.1) is 0 Å². The monoisotopic (exact) mass is 384 g/mol. The van der Waals surface area contributed by atoms with E-state index in [1.54, 1.807) is 31.2 Å². The highest BCUT2D eigenvalue weighted by Crippen LogP contribution is 2.24. The van der Waals surface area contributed by atoms with Crippen LogP contribution in [0, 0.1) is 11.3 Å². The lowest BCUT2D eigenvalue weighted by atomic mass is 10.0. The predicted octanol–water partition coefficient (Wildman–Crippen LogP) is 2.30. The molecule has 1 aliphatic heterocycles. The van der Waals surface area contributed by atoms with Crippen molar-refractivity contribution in [3.05, 3.63) is 54.1 Å². The molecule has 1 atom stereocenters. The molecular formula is C20H20N2O4S. The summed E-state index contributed by atoms with van der Waals surface area (Å²) < 4.78 is 28.7. The molecule has 0 aromatic heterocycles. The molecule has 7 heteroatoms. The van der Waals surface area contributed by atoms with Crippen molar-refractivity contribution >= 4 is 15.7 Å². The molecule has 0 radical (unpaired) electrons. The number of hydrogen-bond acceptors (Lipinski definition) is 5. The van der Waals surface area contributed by atoms with Gasteiger partial charge in [-0.2, -0.15) is 5.26 Å². The number of rotatable bonds is 5. The average molecular weight is 384 g/mol. The maximum atomic E-state index is 12.1. The topological polar surface area (TPSA) is 96.3 Å². The van der Waals surface area contributed by atoms with E-state index < -0.39 is 15.4 Å². The van der Waals surface area contributed by atoms with Gasteiger partial charge in [0.1, 0.15) is 5.75 Å². The molecule has 0 spiro atoms. The van der Waals surface area contributed by atoms with Crippen LogP contribution in [0.1, 0.15) is 18.9 Å². The lowest BCUT2D eigenvalue weighted by Gasteiger charge is -2.23. The molecule has 1 fully saturated rings. The second kappa shape index (κ2) is 7.41. The summed E-state index contributed by atoms with van der Waals surface area (Å²) in [6.07, 6.45) is 0.417. The first-order valence-corrected chi connectivity index (χ1v) is 10.4. The fourth-order valence-electron chi connectivity index (χ4n) is 3.11. The van der Waals surface area contributed by atoms with Gasteiger partial charge in [0.2, 0.25) is 0 Å². The molecule has 1 saturated heterocycles. The number of benzene rings is 2. The number of amides is 1. The maximum Gasteiger partial charge on any atom is 0.258 e. The summed E-state index contributed by atoms with van der Waals surface area (Å²) in [6.45, 7) is 1.56. The minimum Gasteiger partial charge on any atom is -0.484 e. The third kappa shape index (κ3) is 4.86. The van der Waals surface area contributed by atoms with Gasteiger partial charge in [0.05, 0.1) is 28.7 Å². The SMILES string of the molecule is C[C@@]1(NC(=O)COc2ccc(-c3ccc(C#N)cc3)cc2)CCS(=O)(=O)C1. The number of nitrogens with zero attached hydrogens (tertiary/aromatic N) is 1. The van der Waals surface area contributed by atoms with Gasteiger partial charge in [-0.25, -0.2) is 8.42 Å². The quantitative estimate of drug-likeness (QED) is 0.853. The first-order valence-electron chi connectivity index (χ1n) is 8.53. The summed E-state index contributed by atoms with van der Waals surface area (Å²) in [6, 6.07) is 16.6. The second-order valence-electron chi connectivity index (χ2n) is 6.95. The summed E-state index contributed by atoms with van der Waals surface area (Å²) in [5.74, 6) is 0.268. The number of hydrogen-bond donors (Lipinski definition) is 1. The van der Waals surface area contributed by atoms with E-state index in [1.165, 1.54) is 0 Å². The van der Waals surface area contributed by atoms with E-state index in [4.69, 9.17) is 10.00 Å². The predicted molar refractivity (Wildman–Crippen MR) is 102 cm³/mol. The molecule has 0 saturated carbocycles. The third-order valence-corrected chi connectivity index (χ3v) is 6.42. The molecule has 1 amide bonds. The van der Waals surface area contributed by atoms with Gasteiger partial charge < -0.3 is 10.1 Å². The highest BCUT2D eigenvalue weighted by atomic mass is 32.2. The highest BCUT2D eigenvalue weighted by molar-refractivity contribution is 7.91. The Labute approximate surface area is 158 Å². The first-order chi connectivity index (χ1) is 12.8. The number of sulfone groups is 1. The largest absolute Gasteiger partial charge is 0.484 e. The summed E-state index contributed by atoms with van der Waals surface area (Å²) in [5.41, 5.74) is 1.83.